The van der Waals surface area contributed by atoms with E-state index in [1.165, 1.54) is 0 Å². The predicted octanol–water partition coefficient (Wildman–Crippen LogP) is 1.76. The van der Waals surface area contributed by atoms with Gasteiger partial charge in [0.2, 0.25) is 0 Å². The van der Waals surface area contributed by atoms with Crippen LogP contribution in [0.15, 0.2) is 21.2 Å². The molecule has 1 aromatic heterocycles. The number of halogens is 1. The third kappa shape index (κ3) is 2.48. The summed E-state index contributed by atoms with van der Waals surface area (Å²) in [7, 11) is 1.72. The normalized spacial score (nSPS) is 26.4. The molecule has 2 atom stereocenters. The van der Waals surface area contributed by atoms with Crippen LogP contribution in [-0.4, -0.2) is 37.7 Å². The Morgan fingerprint density at radius 3 is 3.06 bits per heavy atom. The quantitative estimate of drug-likeness (QED) is 0.917. The van der Waals surface area contributed by atoms with Crippen LogP contribution in [0, 0.1) is 0 Å². The number of ether oxygens (including phenoxy) is 1. The maximum absolute atomic E-state index is 6.12. The minimum atomic E-state index is 0.148. The summed E-state index contributed by atoms with van der Waals surface area (Å²) in [6.45, 7) is 2.63. The summed E-state index contributed by atoms with van der Waals surface area (Å²) < 4.78 is 11.5. The first-order chi connectivity index (χ1) is 7.72. The van der Waals surface area contributed by atoms with Crippen molar-refractivity contribution in [2.45, 2.75) is 18.5 Å². The largest absolute Gasteiger partial charge is 0.453 e. The van der Waals surface area contributed by atoms with Crippen molar-refractivity contribution in [2.75, 3.05) is 26.8 Å². The molecule has 5 heteroatoms. The molecule has 2 unspecified atom stereocenters. The molecule has 1 aliphatic rings. The Morgan fingerprint density at radius 2 is 2.44 bits per heavy atom. The minimum absolute atomic E-state index is 0.148. The Bertz CT molecular complexity index is 342. The summed E-state index contributed by atoms with van der Waals surface area (Å²) in [5.41, 5.74) is 6.12. The zero-order chi connectivity index (χ0) is 11.5. The number of hydrogen-bond donors (Lipinski definition) is 1. The molecule has 90 valence electrons. The standard InChI is InChI=1S/C11H17BrN2O2/c1-15-7-6-14-5-4-8(13)11(14)9-2-3-10(12)16-9/h2-3,8,11H,4-7,13H2,1H3. The number of nitrogens with zero attached hydrogens (tertiary/aromatic N) is 1. The van der Waals surface area contributed by atoms with E-state index < -0.39 is 0 Å². The van der Waals surface area contributed by atoms with Gasteiger partial charge in [0.15, 0.2) is 4.67 Å². The van der Waals surface area contributed by atoms with Crippen LogP contribution in [0.3, 0.4) is 0 Å². The average molecular weight is 289 g/mol. The predicted molar refractivity (Wildman–Crippen MR) is 65.2 cm³/mol. The van der Waals surface area contributed by atoms with Gasteiger partial charge in [-0.2, -0.15) is 0 Å². The molecule has 0 aliphatic carbocycles. The Morgan fingerprint density at radius 1 is 1.62 bits per heavy atom. The van der Waals surface area contributed by atoms with E-state index in [-0.39, 0.29) is 12.1 Å². The molecule has 1 aliphatic heterocycles. The van der Waals surface area contributed by atoms with Gasteiger partial charge in [0.25, 0.3) is 0 Å². The number of furan rings is 1. The van der Waals surface area contributed by atoms with E-state index >= 15 is 0 Å². The van der Waals surface area contributed by atoms with Crippen LogP contribution in [0.5, 0.6) is 0 Å². The van der Waals surface area contributed by atoms with Crippen molar-refractivity contribution in [3.05, 3.63) is 22.6 Å². The average Bonchev–Trinajstić information content (AvgIpc) is 2.82. The lowest BCUT2D eigenvalue weighted by Gasteiger charge is -2.24. The zero-order valence-electron chi connectivity index (χ0n) is 9.36. The second kappa shape index (κ2) is 5.31. The summed E-state index contributed by atoms with van der Waals surface area (Å²) in [4.78, 5) is 2.32. The Labute approximate surface area is 104 Å². The molecule has 2 N–H and O–H groups in total. The first-order valence-electron chi connectivity index (χ1n) is 5.46. The third-order valence-corrected chi connectivity index (χ3v) is 3.44. The summed E-state index contributed by atoms with van der Waals surface area (Å²) in [6, 6.07) is 4.23. The molecular formula is C11H17BrN2O2. The second-order valence-electron chi connectivity index (χ2n) is 4.07. The van der Waals surface area contributed by atoms with Crippen LogP contribution in [0.1, 0.15) is 18.2 Å². The second-order valence-corrected chi connectivity index (χ2v) is 4.85. The van der Waals surface area contributed by atoms with Crippen LogP contribution in [0.25, 0.3) is 0 Å². The Kier molecular flexibility index (Phi) is 4.02. The van der Waals surface area contributed by atoms with Gasteiger partial charge in [-0.15, -0.1) is 0 Å². The van der Waals surface area contributed by atoms with Crippen LogP contribution >= 0.6 is 15.9 Å². The summed E-state index contributed by atoms with van der Waals surface area (Å²) in [6.07, 6.45) is 1.01. The molecule has 1 saturated heterocycles. The topological polar surface area (TPSA) is 51.6 Å². The first-order valence-corrected chi connectivity index (χ1v) is 6.25. The highest BCUT2D eigenvalue weighted by atomic mass is 79.9. The molecule has 0 spiro atoms. The van der Waals surface area contributed by atoms with Gasteiger partial charge >= 0.3 is 0 Å². The van der Waals surface area contributed by atoms with Gasteiger partial charge < -0.3 is 14.9 Å². The van der Waals surface area contributed by atoms with E-state index in [1.807, 2.05) is 12.1 Å². The monoisotopic (exact) mass is 288 g/mol. The number of rotatable bonds is 4. The number of likely N-dealkylation sites (tertiary alicyclic amines) is 1. The summed E-state index contributed by atoms with van der Waals surface area (Å²) >= 11 is 3.32. The molecule has 1 fully saturated rings. The van der Waals surface area contributed by atoms with Crippen molar-refractivity contribution in [2.24, 2.45) is 5.73 Å². The van der Waals surface area contributed by atoms with E-state index in [2.05, 4.69) is 20.8 Å². The van der Waals surface area contributed by atoms with Crippen LogP contribution in [0.2, 0.25) is 0 Å². The Hall–Kier alpha value is -0.360. The van der Waals surface area contributed by atoms with Crippen molar-refractivity contribution in [1.29, 1.82) is 0 Å². The lowest BCUT2D eigenvalue weighted by atomic mass is 10.1. The highest BCUT2D eigenvalue weighted by molar-refractivity contribution is 9.10. The molecule has 2 rings (SSSR count). The number of hydrogen-bond acceptors (Lipinski definition) is 4. The lowest BCUT2D eigenvalue weighted by Crippen LogP contribution is -2.33. The van der Waals surface area contributed by atoms with Crippen LogP contribution in [0.4, 0.5) is 0 Å². The lowest BCUT2D eigenvalue weighted by molar-refractivity contribution is 0.131. The van der Waals surface area contributed by atoms with E-state index in [4.69, 9.17) is 14.9 Å². The van der Waals surface area contributed by atoms with E-state index in [9.17, 15) is 0 Å². The fraction of sp³-hybridized carbons (Fsp3) is 0.636. The van der Waals surface area contributed by atoms with Gasteiger partial charge in [0.05, 0.1) is 12.6 Å². The highest BCUT2D eigenvalue weighted by Gasteiger charge is 2.34. The zero-order valence-corrected chi connectivity index (χ0v) is 10.9. The van der Waals surface area contributed by atoms with Crippen molar-refractivity contribution in [3.8, 4) is 0 Å². The highest BCUT2D eigenvalue weighted by Crippen LogP contribution is 2.32. The number of nitrogens with two attached hydrogens (primary N) is 1. The van der Waals surface area contributed by atoms with E-state index in [1.54, 1.807) is 7.11 Å². The van der Waals surface area contributed by atoms with Crippen LogP contribution in [-0.2, 0) is 4.74 Å². The fourth-order valence-corrected chi connectivity index (χ4v) is 2.54. The third-order valence-electron chi connectivity index (χ3n) is 3.02. The van der Waals surface area contributed by atoms with E-state index in [0.717, 1.165) is 36.5 Å². The van der Waals surface area contributed by atoms with Crippen molar-refractivity contribution >= 4 is 15.9 Å². The van der Waals surface area contributed by atoms with Gasteiger partial charge in [0, 0.05) is 26.2 Å². The molecule has 0 radical (unpaired) electrons. The molecule has 0 aromatic carbocycles. The van der Waals surface area contributed by atoms with Crippen molar-refractivity contribution < 1.29 is 9.15 Å². The molecule has 0 saturated carbocycles. The van der Waals surface area contributed by atoms with Gasteiger partial charge in [-0.1, -0.05) is 0 Å². The van der Waals surface area contributed by atoms with Crippen molar-refractivity contribution in [3.63, 3.8) is 0 Å². The summed E-state index contributed by atoms with van der Waals surface area (Å²) in [5, 5.41) is 0. The maximum Gasteiger partial charge on any atom is 0.169 e. The van der Waals surface area contributed by atoms with E-state index in [0.29, 0.717) is 0 Å². The maximum atomic E-state index is 6.12. The summed E-state index contributed by atoms with van der Waals surface area (Å²) in [5.74, 6) is 0.938. The minimum Gasteiger partial charge on any atom is -0.453 e. The van der Waals surface area contributed by atoms with Gasteiger partial charge in [-0.25, -0.2) is 0 Å². The van der Waals surface area contributed by atoms with Crippen molar-refractivity contribution in [1.82, 2.24) is 4.90 Å². The molecule has 4 nitrogen and oxygen atoms in total. The molecule has 0 bridgehead atoms. The molecule has 2 heterocycles. The smallest absolute Gasteiger partial charge is 0.169 e. The molecule has 16 heavy (non-hydrogen) atoms. The fourth-order valence-electron chi connectivity index (χ4n) is 2.22. The molecular weight excluding hydrogens is 272 g/mol. The SMILES string of the molecule is COCCN1CCC(N)C1c1ccc(Br)o1. The van der Waals surface area contributed by atoms with Gasteiger partial charge in [0.1, 0.15) is 5.76 Å². The van der Waals surface area contributed by atoms with Gasteiger partial charge in [-0.05, 0) is 34.5 Å². The van der Waals surface area contributed by atoms with Gasteiger partial charge in [-0.3, -0.25) is 4.90 Å². The molecule has 0 amide bonds. The number of methoxy groups -OCH3 is 1. The van der Waals surface area contributed by atoms with Crippen LogP contribution < -0.4 is 5.73 Å². The Balaban J connectivity index is 2.09. The first kappa shape index (κ1) is 12.1. The molecule has 1 aromatic rings.